The first kappa shape index (κ1) is 10.5. The number of aromatic nitrogens is 4. The van der Waals surface area contributed by atoms with Crippen molar-refractivity contribution >= 4 is 0 Å². The van der Waals surface area contributed by atoms with Crippen LogP contribution in [-0.2, 0) is 19.9 Å². The zero-order valence-corrected chi connectivity index (χ0v) is 10.4. The monoisotopic (exact) mass is 232 g/mol. The summed E-state index contributed by atoms with van der Waals surface area (Å²) in [4.78, 5) is 0. The first-order chi connectivity index (χ1) is 8.07. The predicted molar refractivity (Wildman–Crippen MR) is 62.3 cm³/mol. The minimum Gasteiger partial charge on any atom is -0.422 e. The van der Waals surface area contributed by atoms with Crippen molar-refractivity contribution in [3.63, 3.8) is 0 Å². The van der Waals surface area contributed by atoms with Gasteiger partial charge in [-0.2, -0.15) is 5.10 Å². The molecule has 0 N–H and O–H groups in total. The van der Waals surface area contributed by atoms with Crippen LogP contribution in [0.3, 0.4) is 0 Å². The summed E-state index contributed by atoms with van der Waals surface area (Å²) in [6, 6.07) is 0. The molecule has 0 radical (unpaired) electrons. The van der Waals surface area contributed by atoms with Gasteiger partial charge >= 0.3 is 0 Å². The lowest BCUT2D eigenvalue weighted by Gasteiger charge is -2.29. The lowest BCUT2D eigenvalue weighted by atomic mass is 9.76. The molecule has 5 nitrogen and oxygen atoms in total. The van der Waals surface area contributed by atoms with Gasteiger partial charge in [0.25, 0.3) is 5.89 Å². The Balaban J connectivity index is 2.11. The molecule has 1 aliphatic carbocycles. The maximum absolute atomic E-state index is 5.25. The van der Waals surface area contributed by atoms with Crippen molar-refractivity contribution in [2.45, 2.75) is 33.1 Å². The molecule has 0 atom stereocenters. The molecule has 0 spiro atoms. The summed E-state index contributed by atoms with van der Waals surface area (Å²) in [5.41, 5.74) is 3.79. The van der Waals surface area contributed by atoms with Crippen molar-refractivity contribution in [3.8, 4) is 11.6 Å². The molecule has 1 aliphatic rings. The van der Waals surface area contributed by atoms with E-state index in [-0.39, 0.29) is 0 Å². The van der Waals surface area contributed by atoms with Gasteiger partial charge in [-0.1, -0.05) is 13.8 Å². The van der Waals surface area contributed by atoms with Gasteiger partial charge < -0.3 is 4.42 Å². The number of nitrogens with zero attached hydrogens (tertiary/aromatic N) is 4. The van der Waals surface area contributed by atoms with Gasteiger partial charge in [0.15, 0.2) is 5.69 Å². The molecule has 3 rings (SSSR count). The van der Waals surface area contributed by atoms with Gasteiger partial charge in [0.2, 0.25) is 6.39 Å². The number of hydrogen-bond donors (Lipinski definition) is 0. The van der Waals surface area contributed by atoms with Gasteiger partial charge in [-0.3, -0.25) is 4.68 Å². The first-order valence-corrected chi connectivity index (χ1v) is 5.88. The maximum atomic E-state index is 5.25. The zero-order valence-electron chi connectivity index (χ0n) is 10.4. The van der Waals surface area contributed by atoms with Crippen LogP contribution in [0.15, 0.2) is 10.8 Å². The SMILES string of the molecule is Cn1nc(-c2nnco2)c2c1CC(C)(C)CC2. The van der Waals surface area contributed by atoms with E-state index in [1.807, 2.05) is 11.7 Å². The lowest BCUT2D eigenvalue weighted by Crippen LogP contribution is -2.23. The highest BCUT2D eigenvalue weighted by atomic mass is 16.4. The third-order valence-electron chi connectivity index (χ3n) is 3.54. The third-order valence-corrected chi connectivity index (χ3v) is 3.54. The van der Waals surface area contributed by atoms with Crippen LogP contribution in [0, 0.1) is 5.41 Å². The van der Waals surface area contributed by atoms with Crippen LogP contribution in [0.5, 0.6) is 0 Å². The van der Waals surface area contributed by atoms with Crippen LogP contribution in [0.1, 0.15) is 31.5 Å². The van der Waals surface area contributed by atoms with Gasteiger partial charge in [0.1, 0.15) is 0 Å². The standard InChI is InChI=1S/C12H16N4O/c1-12(2)5-4-8-9(6-12)16(3)15-10(8)11-14-13-7-17-11/h7H,4-6H2,1-3H3. The van der Waals surface area contributed by atoms with Crippen LogP contribution in [0.25, 0.3) is 11.6 Å². The number of aryl methyl sites for hydroxylation is 1. The molecule has 5 heteroatoms. The molecule has 2 heterocycles. The highest BCUT2D eigenvalue weighted by molar-refractivity contribution is 5.55. The van der Waals surface area contributed by atoms with Crippen LogP contribution in [0.4, 0.5) is 0 Å². The Labute approximate surface area is 99.8 Å². The van der Waals surface area contributed by atoms with E-state index in [9.17, 15) is 0 Å². The third kappa shape index (κ3) is 1.66. The topological polar surface area (TPSA) is 56.7 Å². The molecule has 0 aliphatic heterocycles. The summed E-state index contributed by atoms with van der Waals surface area (Å²) in [5.74, 6) is 0.529. The van der Waals surface area contributed by atoms with Gasteiger partial charge in [-0.05, 0) is 24.7 Å². The van der Waals surface area contributed by atoms with Crippen LogP contribution in [0.2, 0.25) is 0 Å². The summed E-state index contributed by atoms with van der Waals surface area (Å²) in [6.45, 7) is 4.60. The number of fused-ring (bicyclic) bond motifs is 1. The van der Waals surface area contributed by atoms with Crippen molar-refractivity contribution in [2.75, 3.05) is 0 Å². The van der Waals surface area contributed by atoms with E-state index in [4.69, 9.17) is 4.42 Å². The molecule has 0 bridgehead atoms. The van der Waals surface area contributed by atoms with Crippen molar-refractivity contribution in [3.05, 3.63) is 17.7 Å². The molecule has 2 aromatic rings. The molecule has 0 unspecified atom stereocenters. The molecular formula is C12H16N4O. The van der Waals surface area contributed by atoms with Crippen molar-refractivity contribution < 1.29 is 4.42 Å². The average Bonchev–Trinajstić information content (AvgIpc) is 2.86. The molecule has 0 fully saturated rings. The van der Waals surface area contributed by atoms with E-state index < -0.39 is 0 Å². The van der Waals surface area contributed by atoms with Crippen molar-refractivity contribution in [1.29, 1.82) is 0 Å². The second-order valence-corrected chi connectivity index (χ2v) is 5.48. The molecule has 0 saturated heterocycles. The van der Waals surface area contributed by atoms with Crippen LogP contribution in [-0.4, -0.2) is 20.0 Å². The first-order valence-electron chi connectivity index (χ1n) is 5.88. The van der Waals surface area contributed by atoms with E-state index in [1.165, 1.54) is 24.1 Å². The van der Waals surface area contributed by atoms with Gasteiger partial charge in [0, 0.05) is 18.3 Å². The highest BCUT2D eigenvalue weighted by Crippen LogP contribution is 2.38. The minimum absolute atomic E-state index is 0.354. The summed E-state index contributed by atoms with van der Waals surface area (Å²) in [6.07, 6.45) is 4.61. The van der Waals surface area contributed by atoms with E-state index in [2.05, 4.69) is 29.1 Å². The highest BCUT2D eigenvalue weighted by Gasteiger charge is 2.31. The second-order valence-electron chi connectivity index (χ2n) is 5.48. The number of hydrogen-bond acceptors (Lipinski definition) is 4. The van der Waals surface area contributed by atoms with E-state index in [0.717, 1.165) is 18.5 Å². The van der Waals surface area contributed by atoms with Crippen molar-refractivity contribution in [1.82, 2.24) is 20.0 Å². The molecule has 0 aromatic carbocycles. The maximum Gasteiger partial charge on any atom is 0.268 e. The fraction of sp³-hybridized carbons (Fsp3) is 0.583. The molecule has 90 valence electrons. The van der Waals surface area contributed by atoms with Crippen LogP contribution < -0.4 is 0 Å². The minimum atomic E-state index is 0.354. The lowest BCUT2D eigenvalue weighted by molar-refractivity contribution is 0.307. The summed E-state index contributed by atoms with van der Waals surface area (Å²) >= 11 is 0. The Morgan fingerprint density at radius 1 is 1.41 bits per heavy atom. The van der Waals surface area contributed by atoms with Gasteiger partial charge in [-0.15, -0.1) is 10.2 Å². The fourth-order valence-electron chi connectivity index (χ4n) is 2.54. The van der Waals surface area contributed by atoms with Gasteiger partial charge in [0.05, 0.1) is 0 Å². The Kier molecular flexibility index (Phi) is 2.11. The Bertz CT molecular complexity index is 539. The summed E-state index contributed by atoms with van der Waals surface area (Å²) in [7, 11) is 1.99. The smallest absolute Gasteiger partial charge is 0.268 e. The van der Waals surface area contributed by atoms with E-state index in [1.54, 1.807) is 0 Å². The fourth-order valence-corrected chi connectivity index (χ4v) is 2.54. The zero-order chi connectivity index (χ0) is 12.0. The van der Waals surface area contributed by atoms with E-state index in [0.29, 0.717) is 11.3 Å². The van der Waals surface area contributed by atoms with Crippen molar-refractivity contribution in [2.24, 2.45) is 12.5 Å². The average molecular weight is 232 g/mol. The molecule has 17 heavy (non-hydrogen) atoms. The molecule has 0 amide bonds. The normalized spacial score (nSPS) is 18.1. The Morgan fingerprint density at radius 3 is 2.94 bits per heavy atom. The molecule has 0 saturated carbocycles. The summed E-state index contributed by atoms with van der Waals surface area (Å²) < 4.78 is 7.21. The predicted octanol–water partition coefficient (Wildman–Crippen LogP) is 1.98. The largest absolute Gasteiger partial charge is 0.422 e. The Hall–Kier alpha value is -1.65. The van der Waals surface area contributed by atoms with Gasteiger partial charge in [-0.25, -0.2) is 0 Å². The summed E-state index contributed by atoms with van der Waals surface area (Å²) in [5, 5.41) is 12.2. The Morgan fingerprint density at radius 2 is 2.24 bits per heavy atom. The quantitative estimate of drug-likeness (QED) is 0.754. The van der Waals surface area contributed by atoms with E-state index >= 15 is 0 Å². The molecular weight excluding hydrogens is 216 g/mol. The molecule has 2 aromatic heterocycles. The second kappa shape index (κ2) is 3.42. The van der Waals surface area contributed by atoms with Crippen LogP contribution >= 0.6 is 0 Å². The number of rotatable bonds is 1.